The molecule has 0 atom stereocenters. The number of methoxy groups -OCH3 is 1. The summed E-state index contributed by atoms with van der Waals surface area (Å²) >= 11 is 5.28. The van der Waals surface area contributed by atoms with E-state index in [4.69, 9.17) is 21.4 Å². The molecule has 1 heterocycles. The fourth-order valence-electron chi connectivity index (χ4n) is 3.26. The minimum atomic E-state index is -0.398. The number of nitrogens with zero attached hydrogens (tertiary/aromatic N) is 1. The van der Waals surface area contributed by atoms with Gasteiger partial charge in [-0.1, -0.05) is 25.1 Å². The van der Waals surface area contributed by atoms with Gasteiger partial charge in [0.1, 0.15) is 17.0 Å². The minimum Gasteiger partial charge on any atom is -0.507 e. The van der Waals surface area contributed by atoms with E-state index in [1.165, 1.54) is 13.2 Å². The molecule has 0 unspecified atom stereocenters. The number of thiocarbonyl (C=S) groups is 1. The first kappa shape index (κ1) is 21.3. The zero-order chi connectivity index (χ0) is 22.7. The molecule has 0 aliphatic rings. The Balaban J connectivity index is 1.54. The van der Waals surface area contributed by atoms with E-state index in [2.05, 4.69) is 22.5 Å². The van der Waals surface area contributed by atoms with E-state index >= 15 is 0 Å². The summed E-state index contributed by atoms with van der Waals surface area (Å²) in [4.78, 5) is 17.0. The predicted molar refractivity (Wildman–Crippen MR) is 127 cm³/mol. The maximum absolute atomic E-state index is 12.5. The average molecular weight is 448 g/mol. The average Bonchev–Trinajstić information content (AvgIpc) is 3.23. The van der Waals surface area contributed by atoms with Crippen molar-refractivity contribution in [1.29, 1.82) is 0 Å². The molecule has 3 aromatic carbocycles. The van der Waals surface area contributed by atoms with E-state index < -0.39 is 5.91 Å². The molecular weight excluding hydrogens is 426 g/mol. The van der Waals surface area contributed by atoms with Gasteiger partial charge in [0, 0.05) is 5.69 Å². The zero-order valence-electron chi connectivity index (χ0n) is 17.5. The number of amides is 1. The summed E-state index contributed by atoms with van der Waals surface area (Å²) in [6.07, 6.45) is 0.890. The second-order valence-corrected chi connectivity index (χ2v) is 7.42. The van der Waals surface area contributed by atoms with Crippen LogP contribution in [0.2, 0.25) is 0 Å². The first-order valence-electron chi connectivity index (χ1n) is 9.96. The molecule has 0 fully saturated rings. The van der Waals surface area contributed by atoms with Crippen LogP contribution in [0.3, 0.4) is 0 Å². The lowest BCUT2D eigenvalue weighted by atomic mass is 10.1. The van der Waals surface area contributed by atoms with Gasteiger partial charge in [0.15, 0.2) is 10.7 Å². The van der Waals surface area contributed by atoms with Crippen LogP contribution >= 0.6 is 12.2 Å². The van der Waals surface area contributed by atoms with Crippen molar-refractivity contribution >= 4 is 40.0 Å². The summed E-state index contributed by atoms with van der Waals surface area (Å²) in [5.41, 5.74) is 3.82. The van der Waals surface area contributed by atoms with Gasteiger partial charge in [-0.15, -0.1) is 0 Å². The summed E-state index contributed by atoms with van der Waals surface area (Å²) in [5.74, 6) is 0.353. The van der Waals surface area contributed by atoms with E-state index in [0.717, 1.165) is 17.5 Å². The van der Waals surface area contributed by atoms with Crippen LogP contribution < -0.4 is 15.4 Å². The Morgan fingerprint density at radius 2 is 1.97 bits per heavy atom. The number of aryl methyl sites for hydroxylation is 1. The Morgan fingerprint density at radius 3 is 2.75 bits per heavy atom. The molecule has 8 heteroatoms. The fraction of sp³-hybridized carbons (Fsp3) is 0.125. The van der Waals surface area contributed by atoms with Gasteiger partial charge >= 0.3 is 0 Å². The van der Waals surface area contributed by atoms with Gasteiger partial charge in [0.2, 0.25) is 5.89 Å². The number of aromatic nitrogens is 1. The highest BCUT2D eigenvalue weighted by Gasteiger charge is 2.16. The Bertz CT molecular complexity index is 1320. The van der Waals surface area contributed by atoms with Crippen molar-refractivity contribution in [3.8, 4) is 23.0 Å². The third-order valence-electron chi connectivity index (χ3n) is 4.92. The van der Waals surface area contributed by atoms with E-state index in [0.29, 0.717) is 34.0 Å². The van der Waals surface area contributed by atoms with Crippen molar-refractivity contribution in [1.82, 2.24) is 10.3 Å². The smallest absolute Gasteiger partial charge is 0.261 e. The number of anilines is 1. The number of carbonyl (C=O) groups is 1. The van der Waals surface area contributed by atoms with Gasteiger partial charge < -0.3 is 19.6 Å². The van der Waals surface area contributed by atoms with Gasteiger partial charge in [-0.05, 0) is 66.7 Å². The van der Waals surface area contributed by atoms with Crippen molar-refractivity contribution in [3.63, 3.8) is 0 Å². The maximum atomic E-state index is 12.5. The summed E-state index contributed by atoms with van der Waals surface area (Å²) in [6.45, 7) is 2.07. The lowest BCUT2D eigenvalue weighted by Crippen LogP contribution is -2.34. The van der Waals surface area contributed by atoms with Gasteiger partial charge in [0.25, 0.3) is 5.91 Å². The minimum absolute atomic E-state index is 0.0156. The van der Waals surface area contributed by atoms with Crippen molar-refractivity contribution < 1.29 is 19.1 Å². The molecular formula is C24H21N3O4S. The molecule has 1 aromatic heterocycles. The van der Waals surface area contributed by atoms with Crippen molar-refractivity contribution in [2.75, 3.05) is 12.4 Å². The van der Waals surface area contributed by atoms with Crippen LogP contribution in [0.1, 0.15) is 22.8 Å². The van der Waals surface area contributed by atoms with Gasteiger partial charge in [0.05, 0.1) is 18.2 Å². The molecule has 0 radical (unpaired) electrons. The summed E-state index contributed by atoms with van der Waals surface area (Å²) in [7, 11) is 1.50. The second kappa shape index (κ2) is 9.07. The molecule has 32 heavy (non-hydrogen) atoms. The van der Waals surface area contributed by atoms with Crippen LogP contribution in [0.25, 0.3) is 22.6 Å². The second-order valence-electron chi connectivity index (χ2n) is 7.02. The molecule has 3 N–H and O–H groups in total. The number of para-hydroxylation sites is 1. The normalized spacial score (nSPS) is 10.7. The molecule has 4 aromatic rings. The van der Waals surface area contributed by atoms with E-state index in [9.17, 15) is 9.90 Å². The van der Waals surface area contributed by atoms with E-state index in [1.54, 1.807) is 36.4 Å². The predicted octanol–water partition coefficient (Wildman–Crippen LogP) is 4.90. The lowest BCUT2D eigenvalue weighted by Gasteiger charge is -2.12. The number of benzene rings is 3. The highest BCUT2D eigenvalue weighted by molar-refractivity contribution is 7.80. The molecule has 0 bridgehead atoms. The third-order valence-corrected chi connectivity index (χ3v) is 5.13. The third kappa shape index (κ3) is 4.40. The molecule has 7 nitrogen and oxygen atoms in total. The van der Waals surface area contributed by atoms with Crippen molar-refractivity contribution in [2.45, 2.75) is 13.3 Å². The standard InChI is InChI=1S/C24H21N3O4S/c1-3-14-8-11-21-18(12-14)26-23(31-21)17-13-15(9-10-19(17)28)25-24(32)27-22(29)16-6-4-5-7-20(16)30-2/h4-13,28H,3H2,1-2H3,(H2,25,27,29,32). The van der Waals surface area contributed by atoms with Gasteiger partial charge in [-0.3, -0.25) is 10.1 Å². The number of oxazole rings is 1. The number of carbonyl (C=O) groups excluding carboxylic acids is 1. The number of aromatic hydroxyl groups is 1. The number of hydrogen-bond donors (Lipinski definition) is 3. The van der Waals surface area contributed by atoms with Crippen molar-refractivity contribution in [3.05, 3.63) is 71.8 Å². The number of nitrogens with one attached hydrogen (secondary N) is 2. The number of hydrogen-bond acceptors (Lipinski definition) is 6. The monoisotopic (exact) mass is 447 g/mol. The number of rotatable bonds is 5. The Labute approximate surface area is 190 Å². The Morgan fingerprint density at radius 1 is 1.16 bits per heavy atom. The van der Waals surface area contributed by atoms with E-state index in [-0.39, 0.29) is 10.9 Å². The molecule has 0 saturated carbocycles. The number of fused-ring (bicyclic) bond motifs is 1. The SMILES string of the molecule is CCc1ccc2oc(-c3cc(NC(=S)NC(=O)c4ccccc4OC)ccc3O)nc2c1. The largest absolute Gasteiger partial charge is 0.507 e. The van der Waals surface area contributed by atoms with E-state index in [1.807, 2.05) is 18.2 Å². The quantitative estimate of drug-likeness (QED) is 0.296. The first-order chi connectivity index (χ1) is 15.5. The van der Waals surface area contributed by atoms with Crippen LogP contribution in [-0.4, -0.2) is 28.2 Å². The number of ether oxygens (including phenoxy) is 1. The lowest BCUT2D eigenvalue weighted by molar-refractivity contribution is 0.0974. The molecule has 0 spiro atoms. The Hall–Kier alpha value is -3.91. The van der Waals surface area contributed by atoms with Crippen LogP contribution in [0.4, 0.5) is 5.69 Å². The number of phenolic OH excluding ortho intramolecular Hbond substituents is 1. The van der Waals surface area contributed by atoms with Crippen LogP contribution in [0.5, 0.6) is 11.5 Å². The molecule has 0 aliphatic carbocycles. The molecule has 162 valence electrons. The molecule has 1 amide bonds. The topological polar surface area (TPSA) is 96.6 Å². The summed E-state index contributed by atoms with van der Waals surface area (Å²) < 4.78 is 11.0. The zero-order valence-corrected chi connectivity index (χ0v) is 18.3. The highest BCUT2D eigenvalue weighted by Crippen LogP contribution is 2.33. The molecule has 4 rings (SSSR count). The highest BCUT2D eigenvalue weighted by atomic mass is 32.1. The Kier molecular flexibility index (Phi) is 6.04. The van der Waals surface area contributed by atoms with Crippen LogP contribution in [0.15, 0.2) is 65.1 Å². The molecule has 0 aliphatic heterocycles. The van der Waals surface area contributed by atoms with Crippen LogP contribution in [0, 0.1) is 0 Å². The fourth-order valence-corrected chi connectivity index (χ4v) is 3.47. The van der Waals surface area contributed by atoms with Crippen LogP contribution in [-0.2, 0) is 6.42 Å². The maximum Gasteiger partial charge on any atom is 0.261 e. The molecule has 0 saturated heterocycles. The summed E-state index contributed by atoms with van der Waals surface area (Å²) in [5, 5.41) is 16.0. The van der Waals surface area contributed by atoms with Gasteiger partial charge in [-0.25, -0.2) is 4.98 Å². The van der Waals surface area contributed by atoms with Gasteiger partial charge in [-0.2, -0.15) is 0 Å². The summed E-state index contributed by atoms with van der Waals surface area (Å²) in [6, 6.07) is 17.5. The number of phenols is 1. The first-order valence-corrected chi connectivity index (χ1v) is 10.4. The van der Waals surface area contributed by atoms with Crippen molar-refractivity contribution in [2.24, 2.45) is 0 Å².